The van der Waals surface area contributed by atoms with Gasteiger partial charge in [-0.15, -0.1) is 11.3 Å². The van der Waals surface area contributed by atoms with E-state index in [0.29, 0.717) is 23.9 Å². The van der Waals surface area contributed by atoms with Gasteiger partial charge in [0.1, 0.15) is 11.4 Å². The number of para-hydroxylation sites is 1. The lowest BCUT2D eigenvalue weighted by Crippen LogP contribution is -2.47. The second-order valence-corrected chi connectivity index (χ2v) is 8.75. The van der Waals surface area contributed by atoms with Crippen molar-refractivity contribution in [2.75, 3.05) is 13.6 Å². The molecule has 0 bridgehead atoms. The number of ether oxygens (including phenoxy) is 1. The Hall–Kier alpha value is -2.29. The molecule has 1 saturated carbocycles. The Bertz CT molecular complexity index is 906. The lowest BCUT2D eigenvalue weighted by Gasteiger charge is -2.40. The van der Waals surface area contributed by atoms with Gasteiger partial charge in [-0.1, -0.05) is 18.2 Å². The number of nitrogens with one attached hydrogen (secondary N) is 2. The third kappa shape index (κ3) is 4.55. The molecular formula is C21H25F3N4OS. The molecule has 1 aliphatic carbocycles. The fraction of sp³-hybridized carbons (Fsp3) is 0.524. The average Bonchev–Trinajstić information content (AvgIpc) is 3.37. The molecule has 162 valence electrons. The van der Waals surface area contributed by atoms with Gasteiger partial charge < -0.3 is 15.4 Å². The summed E-state index contributed by atoms with van der Waals surface area (Å²) in [6, 6.07) is 8.13. The number of guanidine groups is 1. The zero-order chi connectivity index (χ0) is 21.2. The lowest BCUT2D eigenvalue weighted by atomic mass is 9.86. The Morgan fingerprint density at radius 2 is 2.07 bits per heavy atom. The summed E-state index contributed by atoms with van der Waals surface area (Å²) in [7, 11) is 1.69. The number of hydrogen-bond donors (Lipinski definition) is 2. The Morgan fingerprint density at radius 3 is 2.77 bits per heavy atom. The van der Waals surface area contributed by atoms with E-state index in [1.807, 2.05) is 18.2 Å². The van der Waals surface area contributed by atoms with Crippen LogP contribution >= 0.6 is 11.3 Å². The van der Waals surface area contributed by atoms with Gasteiger partial charge in [-0.05, 0) is 31.7 Å². The summed E-state index contributed by atoms with van der Waals surface area (Å²) in [6.45, 7) is 0.445. The van der Waals surface area contributed by atoms with Crippen molar-refractivity contribution in [2.45, 2.75) is 56.3 Å². The summed E-state index contributed by atoms with van der Waals surface area (Å²) in [5, 5.41) is 8.21. The van der Waals surface area contributed by atoms with Gasteiger partial charge >= 0.3 is 6.18 Å². The van der Waals surface area contributed by atoms with Crippen LogP contribution in [0.15, 0.2) is 34.6 Å². The first-order chi connectivity index (χ1) is 14.4. The second kappa shape index (κ2) is 8.45. The van der Waals surface area contributed by atoms with Crippen molar-refractivity contribution < 1.29 is 17.9 Å². The Balaban J connectivity index is 1.39. The van der Waals surface area contributed by atoms with Crippen LogP contribution in [0.25, 0.3) is 0 Å². The quantitative estimate of drug-likeness (QED) is 0.536. The van der Waals surface area contributed by atoms with E-state index in [0.717, 1.165) is 47.3 Å². The highest BCUT2D eigenvalue weighted by molar-refractivity contribution is 7.09. The van der Waals surface area contributed by atoms with E-state index in [9.17, 15) is 13.2 Å². The molecule has 9 heteroatoms. The van der Waals surface area contributed by atoms with Crippen LogP contribution in [-0.4, -0.2) is 30.1 Å². The maximum Gasteiger partial charge on any atom is 0.434 e. The van der Waals surface area contributed by atoms with Gasteiger partial charge in [0.2, 0.25) is 0 Å². The molecule has 30 heavy (non-hydrogen) atoms. The third-order valence-electron chi connectivity index (χ3n) is 5.72. The SMILES string of the molecule is CN=C(NCCc1nc(C(F)(F)F)cs1)NC1CC2(CCCC2)Oc2ccccc21. The van der Waals surface area contributed by atoms with Crippen molar-refractivity contribution in [1.29, 1.82) is 0 Å². The van der Waals surface area contributed by atoms with Gasteiger partial charge in [0.25, 0.3) is 0 Å². The van der Waals surface area contributed by atoms with Crippen LogP contribution in [0.5, 0.6) is 5.75 Å². The summed E-state index contributed by atoms with van der Waals surface area (Å²) >= 11 is 1.03. The van der Waals surface area contributed by atoms with Gasteiger partial charge in [-0.2, -0.15) is 13.2 Å². The summed E-state index contributed by atoms with van der Waals surface area (Å²) in [6.07, 6.45) is 1.33. The summed E-state index contributed by atoms with van der Waals surface area (Å²) in [5.41, 5.74) is 0.151. The molecular weight excluding hydrogens is 413 g/mol. The topological polar surface area (TPSA) is 58.5 Å². The number of aliphatic imine (C=N–C) groups is 1. The molecule has 1 aliphatic heterocycles. The van der Waals surface area contributed by atoms with Gasteiger partial charge in [0, 0.05) is 37.4 Å². The molecule has 1 aromatic heterocycles. The number of nitrogens with zero attached hydrogens (tertiary/aromatic N) is 2. The number of alkyl halides is 3. The molecule has 2 heterocycles. The standard InChI is InChI=1S/C21H25F3N4OS/c1-25-19(26-11-8-18-28-17(13-30-18)21(22,23)24)27-15-12-20(9-4-5-10-20)29-16-7-3-2-6-14(15)16/h2-3,6-7,13,15H,4-5,8-12H2,1H3,(H2,25,26,27). The summed E-state index contributed by atoms with van der Waals surface area (Å²) < 4.78 is 44.5. The van der Waals surface area contributed by atoms with Crippen LogP contribution in [-0.2, 0) is 12.6 Å². The minimum absolute atomic E-state index is 0.0657. The highest BCUT2D eigenvalue weighted by Gasteiger charge is 2.43. The van der Waals surface area contributed by atoms with Crippen molar-refractivity contribution in [3.8, 4) is 5.75 Å². The van der Waals surface area contributed by atoms with Crippen LogP contribution in [0.2, 0.25) is 0 Å². The molecule has 1 unspecified atom stereocenters. The van der Waals surface area contributed by atoms with Gasteiger partial charge in [0.15, 0.2) is 11.7 Å². The van der Waals surface area contributed by atoms with E-state index in [4.69, 9.17) is 4.74 Å². The van der Waals surface area contributed by atoms with Crippen molar-refractivity contribution in [1.82, 2.24) is 15.6 Å². The first-order valence-corrected chi connectivity index (χ1v) is 11.0. The van der Waals surface area contributed by atoms with Crippen LogP contribution in [0.4, 0.5) is 13.2 Å². The van der Waals surface area contributed by atoms with Crippen molar-refractivity contribution >= 4 is 17.3 Å². The van der Waals surface area contributed by atoms with Gasteiger partial charge in [-0.3, -0.25) is 4.99 Å². The second-order valence-electron chi connectivity index (χ2n) is 7.80. The normalized spacial score (nSPS) is 20.7. The average molecular weight is 439 g/mol. The molecule has 2 aromatic rings. The molecule has 0 radical (unpaired) electrons. The minimum atomic E-state index is -4.40. The smallest absolute Gasteiger partial charge is 0.434 e. The number of rotatable bonds is 4. The Kier molecular flexibility index (Phi) is 5.90. The van der Waals surface area contributed by atoms with E-state index in [2.05, 4.69) is 26.7 Å². The Labute approximate surface area is 177 Å². The van der Waals surface area contributed by atoms with E-state index in [-0.39, 0.29) is 11.6 Å². The monoisotopic (exact) mass is 438 g/mol. The van der Waals surface area contributed by atoms with Crippen LogP contribution < -0.4 is 15.4 Å². The largest absolute Gasteiger partial charge is 0.487 e. The highest BCUT2D eigenvalue weighted by Crippen LogP contribution is 2.46. The first-order valence-electron chi connectivity index (χ1n) is 10.2. The van der Waals surface area contributed by atoms with Crippen LogP contribution in [0, 0.1) is 0 Å². The molecule has 5 nitrogen and oxygen atoms in total. The first kappa shape index (κ1) is 21.0. The molecule has 2 aliphatic rings. The van der Waals surface area contributed by atoms with Crippen LogP contribution in [0.1, 0.15) is 54.4 Å². The number of hydrogen-bond acceptors (Lipinski definition) is 4. The lowest BCUT2D eigenvalue weighted by molar-refractivity contribution is -0.140. The third-order valence-corrected chi connectivity index (χ3v) is 6.63. The van der Waals surface area contributed by atoms with E-state index in [1.54, 1.807) is 7.05 Å². The number of benzene rings is 1. The van der Waals surface area contributed by atoms with Crippen LogP contribution in [0.3, 0.4) is 0 Å². The molecule has 0 amide bonds. The maximum atomic E-state index is 12.7. The molecule has 4 rings (SSSR count). The predicted octanol–water partition coefficient (Wildman–Crippen LogP) is 4.71. The Morgan fingerprint density at radius 1 is 1.30 bits per heavy atom. The molecule has 1 aromatic carbocycles. The fourth-order valence-electron chi connectivity index (χ4n) is 4.28. The maximum absolute atomic E-state index is 12.7. The number of halogens is 3. The van der Waals surface area contributed by atoms with Crippen molar-refractivity contribution in [2.24, 2.45) is 4.99 Å². The van der Waals surface area contributed by atoms with E-state index >= 15 is 0 Å². The van der Waals surface area contributed by atoms with Crippen molar-refractivity contribution in [3.63, 3.8) is 0 Å². The summed E-state index contributed by atoms with van der Waals surface area (Å²) in [4.78, 5) is 7.98. The zero-order valence-electron chi connectivity index (χ0n) is 16.8. The molecule has 1 fully saturated rings. The number of aromatic nitrogens is 1. The molecule has 0 saturated heterocycles. The summed E-state index contributed by atoms with van der Waals surface area (Å²) in [5.74, 6) is 1.54. The zero-order valence-corrected chi connectivity index (χ0v) is 17.6. The molecule has 2 N–H and O–H groups in total. The van der Waals surface area contributed by atoms with Crippen molar-refractivity contribution in [3.05, 3.63) is 45.9 Å². The number of fused-ring (bicyclic) bond motifs is 1. The van der Waals surface area contributed by atoms with E-state index < -0.39 is 11.9 Å². The van der Waals surface area contributed by atoms with Gasteiger partial charge in [-0.25, -0.2) is 4.98 Å². The molecule has 1 atom stereocenters. The predicted molar refractivity (Wildman–Crippen MR) is 111 cm³/mol. The fourth-order valence-corrected chi connectivity index (χ4v) is 5.08. The minimum Gasteiger partial charge on any atom is -0.487 e. The van der Waals surface area contributed by atoms with Gasteiger partial charge in [0.05, 0.1) is 11.0 Å². The van der Waals surface area contributed by atoms with E-state index in [1.165, 1.54) is 12.8 Å². The molecule has 1 spiro atoms. The highest BCUT2D eigenvalue weighted by atomic mass is 32.1. The number of thiazole rings is 1.